The molecule has 1 fully saturated rings. The number of hydrogen-bond donors (Lipinski definition) is 1. The van der Waals surface area contributed by atoms with Gasteiger partial charge in [0.25, 0.3) is 0 Å². The molecule has 1 aliphatic rings. The maximum atomic E-state index is 12.4. The quantitative estimate of drug-likeness (QED) is 0.433. The summed E-state index contributed by atoms with van der Waals surface area (Å²) in [6.45, 7) is 4.04. The molecule has 8 heteroatoms. The topological polar surface area (TPSA) is 84.4 Å². The van der Waals surface area contributed by atoms with E-state index >= 15 is 0 Å². The number of aromatic nitrogens is 2. The van der Waals surface area contributed by atoms with Gasteiger partial charge in [-0.05, 0) is 44.4 Å². The van der Waals surface area contributed by atoms with Gasteiger partial charge in [0.2, 0.25) is 5.91 Å². The smallest absolute Gasteiger partial charge is 0.340 e. The summed E-state index contributed by atoms with van der Waals surface area (Å²) in [4.78, 5) is 35.4. The summed E-state index contributed by atoms with van der Waals surface area (Å²) in [5.74, 6) is 0.378. The van der Waals surface area contributed by atoms with Crippen LogP contribution < -0.4 is 10.2 Å². The first-order valence-corrected chi connectivity index (χ1v) is 10.4. The van der Waals surface area contributed by atoms with Crippen LogP contribution >= 0.6 is 11.8 Å². The van der Waals surface area contributed by atoms with Crippen molar-refractivity contribution in [2.24, 2.45) is 0 Å². The Bertz CT molecular complexity index is 825. The minimum atomic E-state index is -0.455. The number of esters is 1. The molecule has 0 aliphatic carbocycles. The first-order valence-electron chi connectivity index (χ1n) is 9.44. The number of piperidine rings is 1. The Hall–Kier alpha value is -2.61. The van der Waals surface area contributed by atoms with Gasteiger partial charge in [0.1, 0.15) is 5.82 Å². The fourth-order valence-corrected chi connectivity index (χ4v) is 3.62. The molecule has 2 aromatic rings. The Balaban J connectivity index is 1.58. The second-order valence-electron chi connectivity index (χ2n) is 6.35. The number of nitrogens with one attached hydrogen (secondary N) is 1. The third-order valence-electron chi connectivity index (χ3n) is 4.33. The largest absolute Gasteiger partial charge is 0.462 e. The molecule has 1 aliphatic heterocycles. The van der Waals surface area contributed by atoms with Gasteiger partial charge in [-0.15, -0.1) is 0 Å². The maximum Gasteiger partial charge on any atom is 0.340 e. The van der Waals surface area contributed by atoms with Crippen LogP contribution in [0.2, 0.25) is 0 Å². The number of amides is 1. The highest BCUT2D eigenvalue weighted by atomic mass is 32.2. The lowest BCUT2D eigenvalue weighted by molar-refractivity contribution is -0.113. The number of rotatable bonds is 7. The Kier molecular flexibility index (Phi) is 7.25. The van der Waals surface area contributed by atoms with Gasteiger partial charge in [-0.25, -0.2) is 14.8 Å². The molecule has 2 heterocycles. The fraction of sp³-hybridized carbons (Fsp3) is 0.400. The lowest BCUT2D eigenvalue weighted by Crippen LogP contribution is -2.30. The predicted octanol–water partition coefficient (Wildman–Crippen LogP) is 3.37. The van der Waals surface area contributed by atoms with Gasteiger partial charge in [-0.1, -0.05) is 23.9 Å². The van der Waals surface area contributed by atoms with Crippen LogP contribution in [0.25, 0.3) is 0 Å². The molecule has 1 saturated heterocycles. The average Bonchev–Trinajstić information content (AvgIpc) is 2.74. The number of nitrogens with zero attached hydrogens (tertiary/aromatic N) is 3. The summed E-state index contributed by atoms with van der Waals surface area (Å²) in [5, 5.41) is 3.34. The van der Waals surface area contributed by atoms with Crippen molar-refractivity contribution in [3.8, 4) is 0 Å². The van der Waals surface area contributed by atoms with Crippen molar-refractivity contribution in [1.29, 1.82) is 0 Å². The number of hydrogen-bond acceptors (Lipinski definition) is 7. The van der Waals surface area contributed by atoms with E-state index < -0.39 is 5.97 Å². The van der Waals surface area contributed by atoms with Gasteiger partial charge in [0, 0.05) is 19.3 Å². The first kappa shape index (κ1) is 20.1. The number of benzene rings is 1. The van der Waals surface area contributed by atoms with Crippen LogP contribution in [0.5, 0.6) is 0 Å². The van der Waals surface area contributed by atoms with Crippen molar-refractivity contribution in [3.05, 3.63) is 42.1 Å². The molecule has 0 unspecified atom stereocenters. The van der Waals surface area contributed by atoms with Crippen LogP contribution in [-0.2, 0) is 9.53 Å². The molecule has 1 amide bonds. The van der Waals surface area contributed by atoms with E-state index in [1.165, 1.54) is 31.0 Å². The first-order chi connectivity index (χ1) is 13.7. The number of ether oxygens (including phenoxy) is 1. The predicted molar refractivity (Wildman–Crippen MR) is 110 cm³/mol. The van der Waals surface area contributed by atoms with Crippen LogP contribution in [0.1, 0.15) is 36.5 Å². The zero-order valence-electron chi connectivity index (χ0n) is 15.9. The Morgan fingerprint density at radius 2 is 1.96 bits per heavy atom. The molecule has 7 nitrogen and oxygen atoms in total. The molecule has 1 N–H and O–H groups in total. The van der Waals surface area contributed by atoms with Crippen LogP contribution in [0.15, 0.2) is 41.7 Å². The molecule has 148 valence electrons. The second kappa shape index (κ2) is 10.1. The van der Waals surface area contributed by atoms with Gasteiger partial charge < -0.3 is 15.0 Å². The number of anilines is 2. The van der Waals surface area contributed by atoms with E-state index in [4.69, 9.17) is 4.74 Å². The van der Waals surface area contributed by atoms with E-state index in [0.29, 0.717) is 16.4 Å². The maximum absolute atomic E-state index is 12.4. The van der Waals surface area contributed by atoms with Gasteiger partial charge >= 0.3 is 5.97 Å². The highest BCUT2D eigenvalue weighted by molar-refractivity contribution is 7.99. The normalized spacial score (nSPS) is 13.8. The zero-order chi connectivity index (χ0) is 19.8. The van der Waals surface area contributed by atoms with E-state index in [1.807, 2.05) is 6.07 Å². The van der Waals surface area contributed by atoms with E-state index in [0.717, 1.165) is 18.9 Å². The third-order valence-corrected chi connectivity index (χ3v) is 5.19. The van der Waals surface area contributed by atoms with Crippen LogP contribution in [0.4, 0.5) is 11.5 Å². The van der Waals surface area contributed by atoms with Crippen LogP contribution in [0.3, 0.4) is 0 Å². The standard InChI is InChI=1S/C20H24N4O3S/c1-2-27-19(26)15-8-4-5-9-16(15)22-18(25)14-28-20-21-11-10-17(23-20)24-12-6-3-7-13-24/h4-5,8-11H,2-3,6-7,12-14H2,1H3,(H,22,25). The molecule has 0 spiro atoms. The van der Waals surface area contributed by atoms with Crippen molar-refractivity contribution in [2.45, 2.75) is 31.3 Å². The average molecular weight is 401 g/mol. The van der Waals surface area contributed by atoms with Crippen molar-refractivity contribution in [2.75, 3.05) is 35.7 Å². The van der Waals surface area contributed by atoms with E-state index in [-0.39, 0.29) is 18.3 Å². The Labute approximate surface area is 168 Å². The molecule has 3 rings (SSSR count). The van der Waals surface area contributed by atoms with Gasteiger partial charge in [0.15, 0.2) is 5.16 Å². The summed E-state index contributed by atoms with van der Waals surface area (Å²) in [6, 6.07) is 8.71. The van der Waals surface area contributed by atoms with Gasteiger partial charge in [0.05, 0.1) is 23.6 Å². The molecule has 1 aromatic carbocycles. The fourth-order valence-electron chi connectivity index (χ4n) is 3.00. The summed E-state index contributed by atoms with van der Waals surface area (Å²) in [5.41, 5.74) is 0.778. The molecule has 0 bridgehead atoms. The molecule has 0 radical (unpaired) electrons. The highest BCUT2D eigenvalue weighted by Crippen LogP contribution is 2.21. The Morgan fingerprint density at radius 1 is 1.18 bits per heavy atom. The molecular weight excluding hydrogens is 376 g/mol. The van der Waals surface area contributed by atoms with Crippen molar-refractivity contribution in [1.82, 2.24) is 9.97 Å². The highest BCUT2D eigenvalue weighted by Gasteiger charge is 2.16. The molecule has 0 atom stereocenters. The van der Waals surface area contributed by atoms with Crippen LogP contribution in [0, 0.1) is 0 Å². The number of carbonyl (C=O) groups is 2. The molecule has 28 heavy (non-hydrogen) atoms. The summed E-state index contributed by atoms with van der Waals surface area (Å²) in [7, 11) is 0. The Morgan fingerprint density at radius 3 is 2.75 bits per heavy atom. The minimum absolute atomic E-state index is 0.153. The van der Waals surface area contributed by atoms with Gasteiger partial charge in [-0.3, -0.25) is 4.79 Å². The van der Waals surface area contributed by atoms with E-state index in [2.05, 4.69) is 20.2 Å². The number of para-hydroxylation sites is 1. The van der Waals surface area contributed by atoms with Crippen molar-refractivity contribution < 1.29 is 14.3 Å². The summed E-state index contributed by atoms with van der Waals surface area (Å²) in [6.07, 6.45) is 5.34. The summed E-state index contributed by atoms with van der Waals surface area (Å²) >= 11 is 1.27. The molecule has 0 saturated carbocycles. The lowest BCUT2D eigenvalue weighted by atomic mass is 10.1. The van der Waals surface area contributed by atoms with Gasteiger partial charge in [-0.2, -0.15) is 0 Å². The summed E-state index contributed by atoms with van der Waals surface area (Å²) < 4.78 is 5.03. The van der Waals surface area contributed by atoms with Crippen LogP contribution in [-0.4, -0.2) is 47.3 Å². The molecular formula is C20H24N4O3S. The number of thioether (sulfide) groups is 1. The van der Waals surface area contributed by atoms with E-state index in [9.17, 15) is 9.59 Å². The monoisotopic (exact) mass is 400 g/mol. The zero-order valence-corrected chi connectivity index (χ0v) is 16.7. The number of carbonyl (C=O) groups excluding carboxylic acids is 2. The van der Waals surface area contributed by atoms with Crippen molar-refractivity contribution in [3.63, 3.8) is 0 Å². The molecule has 1 aromatic heterocycles. The SMILES string of the molecule is CCOC(=O)c1ccccc1NC(=O)CSc1nccc(N2CCCCC2)n1. The minimum Gasteiger partial charge on any atom is -0.462 e. The lowest BCUT2D eigenvalue weighted by Gasteiger charge is -2.27. The second-order valence-corrected chi connectivity index (χ2v) is 7.29. The van der Waals surface area contributed by atoms with E-state index in [1.54, 1.807) is 37.4 Å². The third kappa shape index (κ3) is 5.45. The van der Waals surface area contributed by atoms with Crippen molar-refractivity contribution >= 4 is 35.1 Å².